The van der Waals surface area contributed by atoms with Gasteiger partial charge in [0.1, 0.15) is 18.3 Å². The Bertz CT molecular complexity index is 1430. The smallest absolute Gasteiger partial charge is 0.264 e. The molecule has 0 saturated heterocycles. The molecule has 0 bridgehead atoms. The first-order valence-electron chi connectivity index (χ1n) is 13.7. The maximum atomic E-state index is 14.1. The highest BCUT2D eigenvalue weighted by atomic mass is 32.2. The molecular formula is C32H41N3O5S. The van der Waals surface area contributed by atoms with Crippen molar-refractivity contribution in [2.45, 2.75) is 71.0 Å². The molecule has 0 heterocycles. The largest absolute Gasteiger partial charge is 0.497 e. The molecule has 1 N–H and O–H groups in total. The highest BCUT2D eigenvalue weighted by Gasteiger charge is 2.34. The van der Waals surface area contributed by atoms with Crippen molar-refractivity contribution in [3.05, 3.63) is 89.5 Å². The molecule has 8 nitrogen and oxygen atoms in total. The second-order valence-electron chi connectivity index (χ2n) is 11.2. The van der Waals surface area contributed by atoms with Crippen molar-refractivity contribution in [1.82, 2.24) is 10.2 Å². The Labute approximate surface area is 244 Å². The van der Waals surface area contributed by atoms with Crippen LogP contribution in [-0.4, -0.2) is 50.4 Å². The molecule has 0 aromatic heterocycles. The van der Waals surface area contributed by atoms with Gasteiger partial charge in [-0.3, -0.25) is 13.9 Å². The number of aryl methyl sites for hydroxylation is 2. The second-order valence-corrected chi connectivity index (χ2v) is 13.1. The minimum Gasteiger partial charge on any atom is -0.497 e. The van der Waals surface area contributed by atoms with Gasteiger partial charge in [-0.15, -0.1) is 0 Å². The number of sulfonamides is 1. The van der Waals surface area contributed by atoms with Gasteiger partial charge in [-0.1, -0.05) is 54.4 Å². The van der Waals surface area contributed by atoms with E-state index in [1.54, 1.807) is 36.4 Å². The van der Waals surface area contributed by atoms with E-state index in [9.17, 15) is 18.0 Å². The number of nitrogens with zero attached hydrogens (tertiary/aromatic N) is 2. The van der Waals surface area contributed by atoms with E-state index in [1.165, 1.54) is 24.1 Å². The van der Waals surface area contributed by atoms with Crippen molar-refractivity contribution in [1.29, 1.82) is 0 Å². The fourth-order valence-electron chi connectivity index (χ4n) is 4.38. The summed E-state index contributed by atoms with van der Waals surface area (Å²) in [6.45, 7) is 11.0. The molecule has 41 heavy (non-hydrogen) atoms. The Balaban J connectivity index is 2.06. The summed E-state index contributed by atoms with van der Waals surface area (Å²) in [5, 5.41) is 2.98. The normalized spacial score (nSPS) is 12.4. The predicted molar refractivity (Wildman–Crippen MR) is 162 cm³/mol. The third-order valence-corrected chi connectivity index (χ3v) is 8.39. The van der Waals surface area contributed by atoms with Crippen LogP contribution < -0.4 is 14.4 Å². The second kappa shape index (κ2) is 13.2. The first kappa shape index (κ1) is 31.7. The lowest BCUT2D eigenvalue weighted by atomic mass is 10.1. The van der Waals surface area contributed by atoms with Crippen LogP contribution in [-0.2, 0) is 26.2 Å². The van der Waals surface area contributed by atoms with Crippen LogP contribution in [0.2, 0.25) is 0 Å². The van der Waals surface area contributed by atoms with Crippen molar-refractivity contribution >= 4 is 27.5 Å². The maximum absolute atomic E-state index is 14.1. The number of rotatable bonds is 11. The van der Waals surface area contributed by atoms with Gasteiger partial charge in [-0.25, -0.2) is 8.42 Å². The fraction of sp³-hybridized carbons (Fsp3) is 0.375. The van der Waals surface area contributed by atoms with Gasteiger partial charge in [0.05, 0.1) is 17.7 Å². The van der Waals surface area contributed by atoms with Crippen LogP contribution in [0.3, 0.4) is 0 Å². The average molecular weight is 580 g/mol. The Morgan fingerprint density at radius 1 is 0.878 bits per heavy atom. The minimum atomic E-state index is -4.15. The van der Waals surface area contributed by atoms with Crippen molar-refractivity contribution in [3.8, 4) is 5.75 Å². The summed E-state index contributed by atoms with van der Waals surface area (Å²) >= 11 is 0. The fourth-order valence-corrected chi connectivity index (χ4v) is 5.79. The molecule has 0 saturated carbocycles. The zero-order chi connectivity index (χ0) is 30.4. The van der Waals surface area contributed by atoms with E-state index < -0.39 is 34.1 Å². The van der Waals surface area contributed by atoms with Crippen molar-refractivity contribution < 1.29 is 22.7 Å². The van der Waals surface area contributed by atoms with Gasteiger partial charge in [-0.2, -0.15) is 0 Å². The lowest BCUT2D eigenvalue weighted by molar-refractivity contribution is -0.141. The van der Waals surface area contributed by atoms with Crippen LogP contribution in [0.1, 0.15) is 50.8 Å². The third kappa shape index (κ3) is 8.33. The van der Waals surface area contributed by atoms with E-state index in [1.807, 2.05) is 65.8 Å². The van der Waals surface area contributed by atoms with Crippen molar-refractivity contribution in [3.63, 3.8) is 0 Å². The molecule has 3 aromatic carbocycles. The molecule has 3 rings (SSSR count). The molecule has 0 fully saturated rings. The van der Waals surface area contributed by atoms with Crippen LogP contribution in [0.15, 0.2) is 77.7 Å². The number of methoxy groups -OCH3 is 1. The summed E-state index contributed by atoms with van der Waals surface area (Å²) in [5.41, 5.74) is 2.70. The summed E-state index contributed by atoms with van der Waals surface area (Å²) in [6.07, 6.45) is 0.356. The Morgan fingerprint density at radius 2 is 1.41 bits per heavy atom. The standard InChI is InChI=1S/C32H41N3O5S/c1-8-29(31(37)33-32(4,5)6)34(21-25-13-9-23(2)10-14-25)30(36)22-35(26-15-11-24(3)12-16-26)41(38,39)28-19-17-27(40-7)18-20-28/h9-20,29H,8,21-22H2,1-7H3,(H,33,37)/t29-/m0/s1. The van der Waals surface area contributed by atoms with Gasteiger partial charge in [0, 0.05) is 12.1 Å². The molecule has 2 amide bonds. The van der Waals surface area contributed by atoms with Crippen LogP contribution in [0.25, 0.3) is 0 Å². The van der Waals surface area contributed by atoms with Gasteiger partial charge >= 0.3 is 0 Å². The molecule has 3 aromatic rings. The zero-order valence-corrected chi connectivity index (χ0v) is 25.8. The van der Waals surface area contributed by atoms with Gasteiger partial charge < -0.3 is 15.0 Å². The lowest BCUT2D eigenvalue weighted by Crippen LogP contribution is -2.55. The molecule has 0 aliphatic heterocycles. The molecule has 220 valence electrons. The van der Waals surface area contributed by atoms with E-state index >= 15 is 0 Å². The predicted octanol–water partition coefficient (Wildman–Crippen LogP) is 5.23. The van der Waals surface area contributed by atoms with E-state index in [4.69, 9.17) is 4.74 Å². The Hall–Kier alpha value is -3.85. The molecule has 0 aliphatic carbocycles. The summed E-state index contributed by atoms with van der Waals surface area (Å²) in [4.78, 5) is 29.0. The number of carbonyl (C=O) groups is 2. The SMILES string of the molecule is CC[C@@H](C(=O)NC(C)(C)C)N(Cc1ccc(C)cc1)C(=O)CN(c1ccc(C)cc1)S(=O)(=O)c1ccc(OC)cc1. The Kier molecular flexibility index (Phi) is 10.2. The number of carbonyl (C=O) groups excluding carboxylic acids is 2. The van der Waals surface area contributed by atoms with E-state index in [-0.39, 0.29) is 17.3 Å². The monoisotopic (exact) mass is 579 g/mol. The van der Waals surface area contributed by atoms with Gasteiger partial charge in [-0.05, 0) is 83.0 Å². The highest BCUT2D eigenvalue weighted by molar-refractivity contribution is 7.92. The topological polar surface area (TPSA) is 96.0 Å². The van der Waals surface area contributed by atoms with Crippen molar-refractivity contribution in [2.24, 2.45) is 0 Å². The van der Waals surface area contributed by atoms with Crippen LogP contribution in [0, 0.1) is 13.8 Å². The number of nitrogens with one attached hydrogen (secondary N) is 1. The summed E-state index contributed by atoms with van der Waals surface area (Å²) in [6, 6.07) is 19.9. The Morgan fingerprint density at radius 3 is 1.90 bits per heavy atom. The first-order valence-corrected chi connectivity index (χ1v) is 15.1. The van der Waals surface area contributed by atoms with Crippen molar-refractivity contribution in [2.75, 3.05) is 18.0 Å². The van der Waals surface area contributed by atoms with E-state index in [2.05, 4.69) is 5.32 Å². The third-order valence-electron chi connectivity index (χ3n) is 6.61. The number of anilines is 1. The molecule has 1 atom stereocenters. The van der Waals surface area contributed by atoms with Crippen LogP contribution in [0.5, 0.6) is 5.75 Å². The number of hydrogen-bond acceptors (Lipinski definition) is 5. The molecule has 0 unspecified atom stereocenters. The van der Waals surface area contributed by atoms with Gasteiger partial charge in [0.25, 0.3) is 10.0 Å². The van der Waals surface area contributed by atoms with E-state index in [0.29, 0.717) is 17.9 Å². The molecule has 0 aliphatic rings. The minimum absolute atomic E-state index is 0.0225. The average Bonchev–Trinajstić information content (AvgIpc) is 2.92. The molecular weight excluding hydrogens is 538 g/mol. The number of hydrogen-bond donors (Lipinski definition) is 1. The molecule has 0 spiro atoms. The number of amides is 2. The number of benzene rings is 3. The lowest BCUT2D eigenvalue weighted by Gasteiger charge is -2.34. The van der Waals surface area contributed by atoms with E-state index in [0.717, 1.165) is 21.0 Å². The summed E-state index contributed by atoms with van der Waals surface area (Å²) in [7, 11) is -2.65. The van der Waals surface area contributed by atoms with Crippen LogP contribution in [0.4, 0.5) is 5.69 Å². The van der Waals surface area contributed by atoms with Gasteiger partial charge in [0.15, 0.2) is 0 Å². The first-order chi connectivity index (χ1) is 19.2. The quantitative estimate of drug-likeness (QED) is 0.336. The number of ether oxygens (including phenoxy) is 1. The highest BCUT2D eigenvalue weighted by Crippen LogP contribution is 2.26. The van der Waals surface area contributed by atoms with Gasteiger partial charge in [0.2, 0.25) is 11.8 Å². The summed E-state index contributed by atoms with van der Waals surface area (Å²) < 4.78 is 34.2. The zero-order valence-electron chi connectivity index (χ0n) is 25.0. The maximum Gasteiger partial charge on any atom is 0.264 e. The summed E-state index contributed by atoms with van der Waals surface area (Å²) in [5.74, 6) is -0.263. The van der Waals surface area contributed by atoms with Crippen LogP contribution >= 0.6 is 0 Å². The molecule has 0 radical (unpaired) electrons. The molecule has 9 heteroatoms.